The summed E-state index contributed by atoms with van der Waals surface area (Å²) in [6.07, 6.45) is 0.411. The van der Waals surface area contributed by atoms with Crippen LogP contribution in [-0.4, -0.2) is 20.2 Å². The zero-order valence-electron chi connectivity index (χ0n) is 8.34. The Hall–Kier alpha value is -1.13. The molecule has 0 aromatic heterocycles. The topological polar surface area (TPSA) is 35.5 Å². The monoisotopic (exact) mass is 232 g/mol. The number of rotatable bonds is 4. The molecule has 1 aromatic rings. The van der Waals surface area contributed by atoms with E-state index in [2.05, 4.69) is 4.74 Å². The Kier molecular flexibility index (Phi) is 4.05. The predicted molar refractivity (Wildman–Crippen MR) is 54.0 cm³/mol. The standard InChI is InChI=1S/C10H10ClFO3/c1-6-3-7(4-13)9(12)8(11)10(6)15-5-14-2/h3-4H,5H2,1-2H3. The molecule has 0 fully saturated rings. The van der Waals surface area contributed by atoms with Gasteiger partial charge >= 0.3 is 0 Å². The molecule has 0 atom stereocenters. The first kappa shape index (κ1) is 11.9. The first-order chi connectivity index (χ1) is 7.11. The van der Waals surface area contributed by atoms with Crippen molar-refractivity contribution in [1.82, 2.24) is 0 Å². The van der Waals surface area contributed by atoms with Crippen LogP contribution in [0, 0.1) is 12.7 Å². The number of carbonyl (C=O) groups is 1. The lowest BCUT2D eigenvalue weighted by Gasteiger charge is -2.11. The summed E-state index contributed by atoms with van der Waals surface area (Å²) < 4.78 is 23.2. The van der Waals surface area contributed by atoms with Crippen molar-refractivity contribution >= 4 is 17.9 Å². The lowest BCUT2D eigenvalue weighted by atomic mass is 10.1. The molecule has 82 valence electrons. The lowest BCUT2D eigenvalue weighted by Crippen LogP contribution is -2.03. The molecule has 0 N–H and O–H groups in total. The summed E-state index contributed by atoms with van der Waals surface area (Å²) in [6, 6.07) is 1.37. The van der Waals surface area contributed by atoms with Gasteiger partial charge in [-0.1, -0.05) is 11.6 Å². The third-order valence-corrected chi connectivity index (χ3v) is 2.16. The quantitative estimate of drug-likeness (QED) is 0.591. The van der Waals surface area contributed by atoms with Crippen LogP contribution in [0.1, 0.15) is 15.9 Å². The van der Waals surface area contributed by atoms with E-state index in [9.17, 15) is 9.18 Å². The fourth-order valence-electron chi connectivity index (χ4n) is 1.14. The highest BCUT2D eigenvalue weighted by atomic mass is 35.5. The van der Waals surface area contributed by atoms with E-state index in [-0.39, 0.29) is 23.1 Å². The fourth-order valence-corrected chi connectivity index (χ4v) is 1.46. The molecule has 0 aliphatic carbocycles. The summed E-state index contributed by atoms with van der Waals surface area (Å²) in [6.45, 7) is 1.64. The van der Waals surface area contributed by atoms with E-state index in [0.717, 1.165) is 0 Å². The molecular weight excluding hydrogens is 223 g/mol. The average molecular weight is 233 g/mol. The number of hydrogen-bond donors (Lipinski definition) is 0. The third-order valence-electron chi connectivity index (χ3n) is 1.82. The lowest BCUT2D eigenvalue weighted by molar-refractivity contribution is 0.0505. The van der Waals surface area contributed by atoms with Crippen LogP contribution in [0.25, 0.3) is 0 Å². The SMILES string of the molecule is COCOc1c(C)cc(C=O)c(F)c1Cl. The minimum absolute atomic E-state index is 0.0273. The second-order valence-corrected chi connectivity index (χ2v) is 3.29. The normalized spacial score (nSPS) is 10.1. The molecule has 0 spiro atoms. The summed E-state index contributed by atoms with van der Waals surface area (Å²) in [4.78, 5) is 10.5. The van der Waals surface area contributed by atoms with Gasteiger partial charge in [0.25, 0.3) is 0 Å². The number of ether oxygens (including phenoxy) is 2. The molecule has 15 heavy (non-hydrogen) atoms. The van der Waals surface area contributed by atoms with Crippen molar-refractivity contribution in [3.05, 3.63) is 28.0 Å². The van der Waals surface area contributed by atoms with E-state index in [1.165, 1.54) is 13.2 Å². The highest BCUT2D eigenvalue weighted by molar-refractivity contribution is 6.32. The van der Waals surface area contributed by atoms with Crippen LogP contribution in [0.4, 0.5) is 4.39 Å². The molecule has 0 amide bonds. The largest absolute Gasteiger partial charge is 0.466 e. The van der Waals surface area contributed by atoms with Crippen molar-refractivity contribution in [3.63, 3.8) is 0 Å². The van der Waals surface area contributed by atoms with Crippen LogP contribution in [-0.2, 0) is 4.74 Å². The van der Waals surface area contributed by atoms with Gasteiger partial charge in [-0.05, 0) is 18.6 Å². The molecule has 0 bridgehead atoms. The highest BCUT2D eigenvalue weighted by Gasteiger charge is 2.15. The van der Waals surface area contributed by atoms with Crippen molar-refractivity contribution in [2.45, 2.75) is 6.92 Å². The van der Waals surface area contributed by atoms with E-state index < -0.39 is 5.82 Å². The number of hydrogen-bond acceptors (Lipinski definition) is 3. The van der Waals surface area contributed by atoms with Crippen LogP contribution in [0.15, 0.2) is 6.07 Å². The number of benzene rings is 1. The molecule has 1 aromatic carbocycles. The maximum Gasteiger partial charge on any atom is 0.188 e. The van der Waals surface area contributed by atoms with Crippen molar-refractivity contribution in [1.29, 1.82) is 0 Å². The molecule has 0 saturated carbocycles. The number of methoxy groups -OCH3 is 1. The summed E-state index contributed by atoms with van der Waals surface area (Å²) in [5.74, 6) is -0.579. The van der Waals surface area contributed by atoms with Gasteiger partial charge in [-0.25, -0.2) is 4.39 Å². The van der Waals surface area contributed by atoms with E-state index in [1.54, 1.807) is 6.92 Å². The highest BCUT2D eigenvalue weighted by Crippen LogP contribution is 2.32. The predicted octanol–water partition coefficient (Wildman–Crippen LogP) is 2.58. The average Bonchev–Trinajstić information content (AvgIpc) is 2.23. The van der Waals surface area contributed by atoms with E-state index in [1.807, 2.05) is 0 Å². The Balaban J connectivity index is 3.17. The van der Waals surface area contributed by atoms with E-state index in [0.29, 0.717) is 11.8 Å². The van der Waals surface area contributed by atoms with Gasteiger partial charge in [0, 0.05) is 7.11 Å². The van der Waals surface area contributed by atoms with Gasteiger partial charge in [0.1, 0.15) is 10.8 Å². The Morgan fingerprint density at radius 3 is 2.80 bits per heavy atom. The number of aldehydes is 1. The van der Waals surface area contributed by atoms with Crippen LogP contribution >= 0.6 is 11.6 Å². The Morgan fingerprint density at radius 1 is 1.60 bits per heavy atom. The Morgan fingerprint density at radius 2 is 2.27 bits per heavy atom. The molecule has 0 aliphatic heterocycles. The van der Waals surface area contributed by atoms with Crippen molar-refractivity contribution in [2.24, 2.45) is 0 Å². The van der Waals surface area contributed by atoms with Gasteiger partial charge in [0.05, 0.1) is 5.56 Å². The van der Waals surface area contributed by atoms with Crippen LogP contribution in [0.5, 0.6) is 5.75 Å². The molecule has 3 nitrogen and oxygen atoms in total. The van der Waals surface area contributed by atoms with Crippen molar-refractivity contribution < 1.29 is 18.7 Å². The molecule has 0 heterocycles. The maximum atomic E-state index is 13.4. The Labute approximate surface area is 91.7 Å². The summed E-state index contributed by atoms with van der Waals surface area (Å²) >= 11 is 5.70. The van der Waals surface area contributed by atoms with Gasteiger partial charge in [0.15, 0.2) is 18.9 Å². The van der Waals surface area contributed by atoms with Crippen molar-refractivity contribution in [2.75, 3.05) is 13.9 Å². The molecule has 1 rings (SSSR count). The van der Waals surface area contributed by atoms with Gasteiger partial charge < -0.3 is 9.47 Å². The first-order valence-corrected chi connectivity index (χ1v) is 4.55. The maximum absolute atomic E-state index is 13.4. The Bertz CT molecular complexity index is 379. The summed E-state index contributed by atoms with van der Waals surface area (Å²) in [5, 5.41) is -0.200. The summed E-state index contributed by atoms with van der Waals surface area (Å²) in [7, 11) is 1.44. The second-order valence-electron chi connectivity index (χ2n) is 2.91. The molecule has 0 aliphatic rings. The first-order valence-electron chi connectivity index (χ1n) is 4.17. The molecule has 0 unspecified atom stereocenters. The number of halogens is 2. The van der Waals surface area contributed by atoms with Crippen molar-refractivity contribution in [3.8, 4) is 5.75 Å². The number of carbonyl (C=O) groups excluding carboxylic acids is 1. The van der Waals surface area contributed by atoms with Crippen LogP contribution in [0.3, 0.4) is 0 Å². The molecule has 0 radical (unpaired) electrons. The summed E-state index contributed by atoms with van der Waals surface area (Å²) in [5.41, 5.74) is 0.503. The minimum Gasteiger partial charge on any atom is -0.466 e. The molecule has 5 heteroatoms. The van der Waals surface area contributed by atoms with Gasteiger partial charge in [-0.3, -0.25) is 4.79 Å². The van der Waals surface area contributed by atoms with E-state index >= 15 is 0 Å². The zero-order valence-corrected chi connectivity index (χ0v) is 9.10. The number of aryl methyl sites for hydroxylation is 1. The second kappa shape index (κ2) is 5.09. The van der Waals surface area contributed by atoms with Crippen LogP contribution < -0.4 is 4.74 Å². The van der Waals surface area contributed by atoms with Crippen LogP contribution in [0.2, 0.25) is 5.02 Å². The van der Waals surface area contributed by atoms with E-state index in [4.69, 9.17) is 16.3 Å². The van der Waals surface area contributed by atoms with Gasteiger partial charge in [-0.15, -0.1) is 0 Å². The third kappa shape index (κ3) is 2.46. The molecular formula is C10H10ClFO3. The smallest absolute Gasteiger partial charge is 0.188 e. The molecule has 0 saturated heterocycles. The van der Waals surface area contributed by atoms with Gasteiger partial charge in [0.2, 0.25) is 0 Å². The van der Waals surface area contributed by atoms with Gasteiger partial charge in [-0.2, -0.15) is 0 Å². The minimum atomic E-state index is -0.775. The fraction of sp³-hybridized carbons (Fsp3) is 0.300. The zero-order chi connectivity index (χ0) is 11.4.